The highest BCUT2D eigenvalue weighted by atomic mass is 16.6. The predicted molar refractivity (Wildman–Crippen MR) is 75.3 cm³/mol. The van der Waals surface area contributed by atoms with Crippen LogP contribution in [0.2, 0.25) is 0 Å². The van der Waals surface area contributed by atoms with Crippen LogP contribution in [0.1, 0.15) is 40.5 Å². The Kier molecular flexibility index (Phi) is 6.07. The maximum atomic E-state index is 11.7. The van der Waals surface area contributed by atoms with E-state index in [-0.39, 0.29) is 6.09 Å². The van der Waals surface area contributed by atoms with Crippen molar-refractivity contribution in [2.75, 3.05) is 26.7 Å². The first kappa shape index (κ1) is 16.2. The average Bonchev–Trinajstić information content (AvgIpc) is 2.68. The van der Waals surface area contributed by atoms with Crippen LogP contribution in [0.5, 0.6) is 0 Å². The second kappa shape index (κ2) is 7.10. The predicted octanol–water partition coefficient (Wildman–Crippen LogP) is 2.01. The van der Waals surface area contributed by atoms with Crippen LogP contribution < -0.4 is 5.32 Å². The second-order valence-electron chi connectivity index (χ2n) is 6.18. The number of hydrogen-bond acceptors (Lipinski definition) is 4. The molecule has 0 bridgehead atoms. The zero-order valence-corrected chi connectivity index (χ0v) is 12.9. The number of carbonyl (C=O) groups excluding carboxylic acids is 1. The fourth-order valence-electron chi connectivity index (χ4n) is 2.03. The first-order chi connectivity index (χ1) is 8.79. The van der Waals surface area contributed by atoms with Gasteiger partial charge in [-0.25, -0.2) is 4.79 Å². The van der Waals surface area contributed by atoms with Crippen LogP contribution in [-0.2, 0) is 9.47 Å². The average molecular weight is 272 g/mol. The molecular formula is C14H28N2O3. The SMILES string of the molecule is CC1OCCC1NCCCN(C)C(=O)OC(C)(C)C. The maximum absolute atomic E-state index is 11.7. The van der Waals surface area contributed by atoms with E-state index in [1.54, 1.807) is 11.9 Å². The Balaban J connectivity index is 2.13. The zero-order chi connectivity index (χ0) is 14.5. The molecule has 0 saturated carbocycles. The van der Waals surface area contributed by atoms with Gasteiger partial charge in [-0.1, -0.05) is 0 Å². The number of carbonyl (C=O) groups is 1. The fourth-order valence-corrected chi connectivity index (χ4v) is 2.03. The van der Waals surface area contributed by atoms with E-state index < -0.39 is 5.60 Å². The first-order valence-corrected chi connectivity index (χ1v) is 7.08. The molecule has 0 aromatic rings. The number of rotatable bonds is 5. The van der Waals surface area contributed by atoms with Gasteiger partial charge in [0.25, 0.3) is 0 Å². The lowest BCUT2D eigenvalue weighted by Crippen LogP contribution is -2.38. The molecule has 1 N–H and O–H groups in total. The number of amides is 1. The molecule has 0 radical (unpaired) electrons. The van der Waals surface area contributed by atoms with Crippen molar-refractivity contribution in [3.63, 3.8) is 0 Å². The van der Waals surface area contributed by atoms with E-state index in [1.807, 2.05) is 20.8 Å². The third-order valence-corrected chi connectivity index (χ3v) is 3.16. The summed E-state index contributed by atoms with van der Waals surface area (Å²) in [5.41, 5.74) is -0.430. The molecule has 112 valence electrons. The standard InChI is InChI=1S/C14H28N2O3/c1-11-12(7-10-18-11)15-8-6-9-16(5)13(17)19-14(2,3)4/h11-12,15H,6-10H2,1-5H3. The monoisotopic (exact) mass is 272 g/mol. The van der Waals surface area contributed by atoms with Gasteiger partial charge < -0.3 is 19.7 Å². The number of ether oxygens (including phenoxy) is 2. The molecular weight excluding hydrogens is 244 g/mol. The molecule has 5 nitrogen and oxygen atoms in total. The molecule has 0 aromatic carbocycles. The molecule has 1 fully saturated rings. The van der Waals surface area contributed by atoms with E-state index in [2.05, 4.69) is 12.2 Å². The highest BCUT2D eigenvalue weighted by molar-refractivity contribution is 5.67. The Morgan fingerprint density at radius 1 is 1.47 bits per heavy atom. The summed E-state index contributed by atoms with van der Waals surface area (Å²) in [6.45, 7) is 10.2. The summed E-state index contributed by atoms with van der Waals surface area (Å²) >= 11 is 0. The largest absolute Gasteiger partial charge is 0.444 e. The van der Waals surface area contributed by atoms with Crippen molar-refractivity contribution in [3.05, 3.63) is 0 Å². The van der Waals surface area contributed by atoms with E-state index in [4.69, 9.17) is 9.47 Å². The van der Waals surface area contributed by atoms with Gasteiger partial charge in [0.15, 0.2) is 0 Å². The molecule has 1 saturated heterocycles. The minimum atomic E-state index is -0.430. The lowest BCUT2D eigenvalue weighted by atomic mass is 10.1. The molecule has 0 spiro atoms. The van der Waals surface area contributed by atoms with Crippen molar-refractivity contribution < 1.29 is 14.3 Å². The highest BCUT2D eigenvalue weighted by Gasteiger charge is 2.23. The molecule has 0 aliphatic carbocycles. The summed E-state index contributed by atoms with van der Waals surface area (Å²) in [5.74, 6) is 0. The molecule has 2 unspecified atom stereocenters. The number of nitrogens with zero attached hydrogens (tertiary/aromatic N) is 1. The van der Waals surface area contributed by atoms with Crippen molar-refractivity contribution in [1.82, 2.24) is 10.2 Å². The van der Waals surface area contributed by atoms with Crippen LogP contribution >= 0.6 is 0 Å². The molecule has 1 aliphatic rings. The van der Waals surface area contributed by atoms with Gasteiger partial charge in [-0.15, -0.1) is 0 Å². The molecule has 1 heterocycles. The molecule has 1 aliphatic heterocycles. The lowest BCUT2D eigenvalue weighted by Gasteiger charge is -2.25. The fraction of sp³-hybridized carbons (Fsp3) is 0.929. The minimum absolute atomic E-state index is 0.259. The van der Waals surface area contributed by atoms with Crippen LogP contribution in [0.25, 0.3) is 0 Å². The van der Waals surface area contributed by atoms with E-state index in [9.17, 15) is 4.79 Å². The smallest absolute Gasteiger partial charge is 0.410 e. The molecule has 0 aromatic heterocycles. The third kappa shape index (κ3) is 6.25. The summed E-state index contributed by atoms with van der Waals surface area (Å²) < 4.78 is 10.8. The number of nitrogens with one attached hydrogen (secondary N) is 1. The van der Waals surface area contributed by atoms with Crippen LogP contribution in [0, 0.1) is 0 Å². The Morgan fingerprint density at radius 2 is 2.16 bits per heavy atom. The summed E-state index contributed by atoms with van der Waals surface area (Å²) in [7, 11) is 1.77. The molecule has 2 atom stereocenters. The van der Waals surface area contributed by atoms with Gasteiger partial charge in [-0.2, -0.15) is 0 Å². The van der Waals surface area contributed by atoms with Gasteiger partial charge in [0, 0.05) is 26.2 Å². The van der Waals surface area contributed by atoms with Gasteiger partial charge in [-0.3, -0.25) is 0 Å². The van der Waals surface area contributed by atoms with E-state index >= 15 is 0 Å². The minimum Gasteiger partial charge on any atom is -0.444 e. The molecule has 19 heavy (non-hydrogen) atoms. The second-order valence-corrected chi connectivity index (χ2v) is 6.18. The Labute approximate surface area is 116 Å². The third-order valence-electron chi connectivity index (χ3n) is 3.16. The Bertz CT molecular complexity index is 289. The Morgan fingerprint density at radius 3 is 2.68 bits per heavy atom. The molecule has 5 heteroatoms. The zero-order valence-electron chi connectivity index (χ0n) is 12.9. The maximum Gasteiger partial charge on any atom is 0.410 e. The summed E-state index contributed by atoms with van der Waals surface area (Å²) in [5, 5.41) is 3.47. The molecule has 1 amide bonds. The van der Waals surface area contributed by atoms with Gasteiger partial charge in [0.05, 0.1) is 6.10 Å². The first-order valence-electron chi connectivity index (χ1n) is 7.08. The van der Waals surface area contributed by atoms with Gasteiger partial charge >= 0.3 is 6.09 Å². The van der Waals surface area contributed by atoms with Crippen LogP contribution in [-0.4, -0.2) is 55.5 Å². The summed E-state index contributed by atoms with van der Waals surface area (Å²) in [6, 6.07) is 0.451. The van der Waals surface area contributed by atoms with E-state index in [1.165, 1.54) is 0 Å². The van der Waals surface area contributed by atoms with Crippen molar-refractivity contribution in [3.8, 4) is 0 Å². The van der Waals surface area contributed by atoms with Gasteiger partial charge in [0.1, 0.15) is 5.60 Å². The van der Waals surface area contributed by atoms with Crippen molar-refractivity contribution >= 4 is 6.09 Å². The lowest BCUT2D eigenvalue weighted by molar-refractivity contribution is 0.0296. The summed E-state index contributed by atoms with van der Waals surface area (Å²) in [4.78, 5) is 13.4. The van der Waals surface area contributed by atoms with E-state index in [0.29, 0.717) is 18.7 Å². The quantitative estimate of drug-likeness (QED) is 0.778. The molecule has 1 rings (SSSR count). The van der Waals surface area contributed by atoms with Crippen molar-refractivity contribution in [2.45, 2.75) is 58.3 Å². The van der Waals surface area contributed by atoms with Crippen molar-refractivity contribution in [2.24, 2.45) is 0 Å². The van der Waals surface area contributed by atoms with Gasteiger partial charge in [-0.05, 0) is 47.1 Å². The highest BCUT2D eigenvalue weighted by Crippen LogP contribution is 2.12. The number of hydrogen-bond donors (Lipinski definition) is 1. The normalized spacial score (nSPS) is 23.4. The van der Waals surface area contributed by atoms with E-state index in [0.717, 1.165) is 26.0 Å². The van der Waals surface area contributed by atoms with Crippen molar-refractivity contribution in [1.29, 1.82) is 0 Å². The van der Waals surface area contributed by atoms with Gasteiger partial charge in [0.2, 0.25) is 0 Å². The topological polar surface area (TPSA) is 50.8 Å². The van der Waals surface area contributed by atoms with Crippen LogP contribution in [0.4, 0.5) is 4.79 Å². The van der Waals surface area contributed by atoms with Crippen LogP contribution in [0.3, 0.4) is 0 Å². The summed E-state index contributed by atoms with van der Waals surface area (Å²) in [6.07, 6.45) is 2.02. The Hall–Kier alpha value is -0.810. The van der Waals surface area contributed by atoms with Crippen LogP contribution in [0.15, 0.2) is 0 Å².